The van der Waals surface area contributed by atoms with Crippen molar-refractivity contribution >= 4 is 23.1 Å². The maximum Gasteiger partial charge on any atom is 0.231 e. The van der Waals surface area contributed by atoms with Crippen molar-refractivity contribution in [2.24, 2.45) is 0 Å². The Morgan fingerprint density at radius 1 is 1.12 bits per heavy atom. The summed E-state index contributed by atoms with van der Waals surface area (Å²) in [7, 11) is 0. The summed E-state index contributed by atoms with van der Waals surface area (Å²) < 4.78 is 0. The number of aryl methyl sites for hydroxylation is 1. The summed E-state index contributed by atoms with van der Waals surface area (Å²) in [6.45, 7) is 4.88. The van der Waals surface area contributed by atoms with Crippen LogP contribution in [0.3, 0.4) is 0 Å². The standard InChI is InChI=1S/C20H19N5/c1-3-25(17-9-6-7-15(2)13-17)20-22-12-11-19(24-20)23-18-10-5-4-8-16(18)14-21/h4-13H,3H2,1-2H3,(H,22,23,24). The Hall–Kier alpha value is -3.39. The van der Waals surface area contributed by atoms with Crippen LogP contribution in [0.4, 0.5) is 23.1 Å². The number of nitrogens with one attached hydrogen (secondary N) is 1. The lowest BCUT2D eigenvalue weighted by atomic mass is 10.2. The van der Waals surface area contributed by atoms with E-state index in [0.717, 1.165) is 17.9 Å². The third-order valence-corrected chi connectivity index (χ3v) is 3.82. The number of nitrogens with zero attached hydrogens (tertiary/aromatic N) is 4. The topological polar surface area (TPSA) is 64.8 Å². The molecule has 1 N–H and O–H groups in total. The van der Waals surface area contributed by atoms with Gasteiger partial charge in [-0.05, 0) is 49.7 Å². The second-order valence-electron chi connectivity index (χ2n) is 5.61. The van der Waals surface area contributed by atoms with E-state index in [0.29, 0.717) is 17.3 Å². The maximum absolute atomic E-state index is 9.22. The van der Waals surface area contributed by atoms with Crippen LogP contribution in [0.25, 0.3) is 0 Å². The summed E-state index contributed by atoms with van der Waals surface area (Å²) in [5, 5.41) is 12.4. The van der Waals surface area contributed by atoms with Crippen LogP contribution in [0.2, 0.25) is 0 Å². The minimum absolute atomic E-state index is 0.577. The molecule has 3 aromatic rings. The minimum atomic E-state index is 0.577. The molecule has 1 aromatic heterocycles. The van der Waals surface area contributed by atoms with Gasteiger partial charge >= 0.3 is 0 Å². The summed E-state index contributed by atoms with van der Waals surface area (Å²) in [4.78, 5) is 11.1. The normalized spacial score (nSPS) is 10.1. The molecule has 124 valence electrons. The summed E-state index contributed by atoms with van der Waals surface area (Å²) in [5.74, 6) is 1.27. The Bertz CT molecular complexity index is 914. The van der Waals surface area contributed by atoms with Crippen molar-refractivity contribution in [2.75, 3.05) is 16.8 Å². The molecule has 0 radical (unpaired) electrons. The lowest BCUT2D eigenvalue weighted by Gasteiger charge is -2.21. The first-order valence-electron chi connectivity index (χ1n) is 8.14. The fourth-order valence-corrected chi connectivity index (χ4v) is 2.61. The third kappa shape index (κ3) is 3.75. The van der Waals surface area contributed by atoms with Gasteiger partial charge in [0.25, 0.3) is 0 Å². The zero-order chi connectivity index (χ0) is 17.6. The predicted molar refractivity (Wildman–Crippen MR) is 100 cm³/mol. The van der Waals surface area contributed by atoms with Gasteiger partial charge in [-0.3, -0.25) is 0 Å². The van der Waals surface area contributed by atoms with Gasteiger partial charge in [-0.25, -0.2) is 4.98 Å². The maximum atomic E-state index is 9.22. The lowest BCUT2D eigenvalue weighted by molar-refractivity contribution is 0.947. The van der Waals surface area contributed by atoms with Gasteiger partial charge in [-0.15, -0.1) is 0 Å². The first-order chi connectivity index (χ1) is 12.2. The van der Waals surface area contributed by atoms with Crippen LogP contribution in [0.5, 0.6) is 0 Å². The van der Waals surface area contributed by atoms with E-state index in [2.05, 4.69) is 47.3 Å². The van der Waals surface area contributed by atoms with E-state index >= 15 is 0 Å². The van der Waals surface area contributed by atoms with Crippen LogP contribution in [-0.4, -0.2) is 16.5 Å². The first kappa shape index (κ1) is 16.5. The number of benzene rings is 2. The van der Waals surface area contributed by atoms with Gasteiger partial charge in [-0.1, -0.05) is 24.3 Å². The van der Waals surface area contributed by atoms with E-state index < -0.39 is 0 Å². The van der Waals surface area contributed by atoms with Crippen molar-refractivity contribution in [2.45, 2.75) is 13.8 Å². The summed E-state index contributed by atoms with van der Waals surface area (Å²) in [6.07, 6.45) is 1.72. The Kier molecular flexibility index (Phi) is 4.91. The van der Waals surface area contributed by atoms with E-state index in [1.165, 1.54) is 5.56 Å². The number of rotatable bonds is 5. The van der Waals surface area contributed by atoms with Crippen LogP contribution < -0.4 is 10.2 Å². The number of anilines is 4. The van der Waals surface area contributed by atoms with E-state index in [-0.39, 0.29) is 0 Å². The molecular formula is C20H19N5. The molecule has 0 saturated carbocycles. The molecule has 0 bridgehead atoms. The molecule has 5 nitrogen and oxygen atoms in total. The lowest BCUT2D eigenvalue weighted by Crippen LogP contribution is -2.19. The number of para-hydroxylation sites is 1. The average Bonchev–Trinajstić information content (AvgIpc) is 2.63. The quantitative estimate of drug-likeness (QED) is 0.743. The van der Waals surface area contributed by atoms with Gasteiger partial charge in [0.15, 0.2) is 0 Å². The molecular weight excluding hydrogens is 310 g/mol. The van der Waals surface area contributed by atoms with Crippen molar-refractivity contribution in [3.05, 3.63) is 71.9 Å². The minimum Gasteiger partial charge on any atom is -0.339 e. The molecule has 0 atom stereocenters. The van der Waals surface area contributed by atoms with Crippen LogP contribution in [-0.2, 0) is 0 Å². The fraction of sp³-hybridized carbons (Fsp3) is 0.150. The molecule has 0 amide bonds. The molecule has 0 unspecified atom stereocenters. The van der Waals surface area contributed by atoms with Crippen LogP contribution in [0.1, 0.15) is 18.1 Å². The highest BCUT2D eigenvalue weighted by Gasteiger charge is 2.11. The molecule has 1 heterocycles. The number of nitriles is 1. The monoisotopic (exact) mass is 329 g/mol. The third-order valence-electron chi connectivity index (χ3n) is 3.82. The molecule has 3 rings (SSSR count). The summed E-state index contributed by atoms with van der Waals surface area (Å²) >= 11 is 0. The summed E-state index contributed by atoms with van der Waals surface area (Å²) in [6, 6.07) is 19.6. The van der Waals surface area contributed by atoms with E-state index in [9.17, 15) is 5.26 Å². The van der Waals surface area contributed by atoms with Crippen LogP contribution >= 0.6 is 0 Å². The first-order valence-corrected chi connectivity index (χ1v) is 8.14. The SMILES string of the molecule is CCN(c1cccc(C)c1)c1nccc(Nc2ccccc2C#N)n1. The van der Waals surface area contributed by atoms with E-state index in [1.54, 1.807) is 18.3 Å². The molecule has 0 fully saturated rings. The average molecular weight is 329 g/mol. The van der Waals surface area contributed by atoms with Crippen molar-refractivity contribution in [1.29, 1.82) is 5.26 Å². The second-order valence-corrected chi connectivity index (χ2v) is 5.61. The number of hydrogen-bond donors (Lipinski definition) is 1. The molecule has 0 aliphatic carbocycles. The molecule has 0 spiro atoms. The molecule has 0 aliphatic heterocycles. The predicted octanol–water partition coefficient (Wildman–Crippen LogP) is 4.56. The highest BCUT2D eigenvalue weighted by molar-refractivity contribution is 5.66. The van der Waals surface area contributed by atoms with Gasteiger partial charge in [0.1, 0.15) is 11.9 Å². The Balaban J connectivity index is 1.92. The molecule has 2 aromatic carbocycles. The van der Waals surface area contributed by atoms with E-state index in [4.69, 9.17) is 0 Å². The number of hydrogen-bond acceptors (Lipinski definition) is 5. The van der Waals surface area contributed by atoms with Crippen molar-refractivity contribution in [3.8, 4) is 6.07 Å². The molecule has 0 aliphatic rings. The Morgan fingerprint density at radius 2 is 1.96 bits per heavy atom. The molecule has 0 saturated heterocycles. The van der Waals surface area contributed by atoms with Gasteiger partial charge in [0.2, 0.25) is 5.95 Å². The highest BCUT2D eigenvalue weighted by Crippen LogP contribution is 2.25. The molecule has 25 heavy (non-hydrogen) atoms. The van der Waals surface area contributed by atoms with Crippen LogP contribution in [0, 0.1) is 18.3 Å². The zero-order valence-electron chi connectivity index (χ0n) is 14.3. The second kappa shape index (κ2) is 7.45. The molecule has 5 heteroatoms. The van der Waals surface area contributed by atoms with E-state index in [1.807, 2.05) is 35.2 Å². The number of aromatic nitrogens is 2. The van der Waals surface area contributed by atoms with Crippen molar-refractivity contribution in [1.82, 2.24) is 9.97 Å². The van der Waals surface area contributed by atoms with Gasteiger partial charge in [0.05, 0.1) is 11.3 Å². The van der Waals surface area contributed by atoms with Crippen molar-refractivity contribution in [3.63, 3.8) is 0 Å². The Morgan fingerprint density at radius 3 is 2.72 bits per heavy atom. The van der Waals surface area contributed by atoms with Gasteiger partial charge in [0, 0.05) is 18.4 Å². The Labute approximate surface area is 147 Å². The summed E-state index contributed by atoms with van der Waals surface area (Å²) in [5.41, 5.74) is 3.55. The smallest absolute Gasteiger partial charge is 0.231 e. The van der Waals surface area contributed by atoms with Gasteiger partial charge in [-0.2, -0.15) is 10.2 Å². The zero-order valence-corrected chi connectivity index (χ0v) is 14.3. The van der Waals surface area contributed by atoms with Crippen molar-refractivity contribution < 1.29 is 0 Å². The largest absolute Gasteiger partial charge is 0.339 e. The van der Waals surface area contributed by atoms with Crippen LogP contribution in [0.15, 0.2) is 60.8 Å². The highest BCUT2D eigenvalue weighted by atomic mass is 15.3. The van der Waals surface area contributed by atoms with Gasteiger partial charge < -0.3 is 10.2 Å². The fourth-order valence-electron chi connectivity index (χ4n) is 2.61.